The van der Waals surface area contributed by atoms with Crippen molar-refractivity contribution in [2.45, 2.75) is 30.8 Å². The van der Waals surface area contributed by atoms with E-state index in [0.29, 0.717) is 48.9 Å². The van der Waals surface area contributed by atoms with Crippen LogP contribution in [0.15, 0.2) is 35.5 Å². The summed E-state index contributed by atoms with van der Waals surface area (Å²) in [4.78, 5) is 22.5. The third kappa shape index (κ3) is 5.24. The molecule has 2 aromatic rings. The van der Waals surface area contributed by atoms with Gasteiger partial charge in [-0.25, -0.2) is 14.8 Å². The predicted molar refractivity (Wildman–Crippen MR) is 111 cm³/mol. The Balaban J connectivity index is 1.68. The molecule has 0 radical (unpaired) electrons. The van der Waals surface area contributed by atoms with Gasteiger partial charge in [0, 0.05) is 53.6 Å². The molecule has 1 aliphatic heterocycles. The fourth-order valence-corrected chi connectivity index (χ4v) is 3.57. The third-order valence-electron chi connectivity index (χ3n) is 4.62. The lowest BCUT2D eigenvalue weighted by Gasteiger charge is -2.31. The molecule has 0 aliphatic carbocycles. The monoisotopic (exact) mass is 429 g/mol. The number of nitriles is 1. The first-order valence-corrected chi connectivity index (χ1v) is 11.1. The number of rotatable bonds is 6. The number of nitrogens with one attached hydrogen (secondary N) is 1. The van der Waals surface area contributed by atoms with Crippen molar-refractivity contribution in [3.63, 3.8) is 0 Å². The van der Waals surface area contributed by atoms with Crippen molar-refractivity contribution in [3.05, 3.63) is 36.2 Å². The van der Waals surface area contributed by atoms with Gasteiger partial charge in [-0.2, -0.15) is 5.26 Å². The quantitative estimate of drug-likeness (QED) is 0.745. The summed E-state index contributed by atoms with van der Waals surface area (Å²) in [5, 5.41) is 12.7. The molecule has 3 rings (SSSR count). The Morgan fingerprint density at radius 2 is 2.00 bits per heavy atom. The smallest absolute Gasteiger partial charge is 0.409 e. The zero-order valence-electron chi connectivity index (χ0n) is 16.8. The van der Waals surface area contributed by atoms with Crippen LogP contribution in [0.1, 0.15) is 25.3 Å². The van der Waals surface area contributed by atoms with Crippen molar-refractivity contribution in [2.24, 2.45) is 0 Å². The van der Waals surface area contributed by atoms with Crippen molar-refractivity contribution in [2.75, 3.05) is 31.3 Å². The van der Waals surface area contributed by atoms with Gasteiger partial charge < -0.3 is 19.7 Å². The van der Waals surface area contributed by atoms with Gasteiger partial charge in [0.2, 0.25) is 5.88 Å². The predicted octanol–water partition coefficient (Wildman–Crippen LogP) is 2.83. The summed E-state index contributed by atoms with van der Waals surface area (Å²) in [6.07, 6.45) is 3.70. The maximum absolute atomic E-state index is 11.8. The number of hydrogen-bond acceptors (Lipinski definition) is 8. The summed E-state index contributed by atoms with van der Waals surface area (Å²) in [5.74, 6) is 0.535. The molecule has 0 saturated carbocycles. The molecule has 1 N–H and O–H groups in total. The van der Waals surface area contributed by atoms with Gasteiger partial charge in [-0.1, -0.05) is 0 Å². The van der Waals surface area contributed by atoms with Crippen LogP contribution >= 0.6 is 0 Å². The Labute approximate surface area is 177 Å². The van der Waals surface area contributed by atoms with Crippen molar-refractivity contribution in [3.8, 4) is 11.9 Å². The Hall–Kier alpha value is -3.19. The number of anilines is 2. The number of ether oxygens (including phenoxy) is 2. The fourth-order valence-electron chi connectivity index (χ4n) is 3.05. The Bertz CT molecular complexity index is 953. The van der Waals surface area contributed by atoms with Gasteiger partial charge in [-0.05, 0) is 31.2 Å². The van der Waals surface area contributed by atoms with Crippen molar-refractivity contribution < 1.29 is 18.5 Å². The fraction of sp³-hybridized carbons (Fsp3) is 0.400. The lowest BCUT2D eigenvalue weighted by molar-refractivity contribution is 0.0687. The van der Waals surface area contributed by atoms with Gasteiger partial charge in [0.15, 0.2) is 11.4 Å². The zero-order valence-corrected chi connectivity index (χ0v) is 17.6. The molecule has 1 saturated heterocycles. The molecular weight excluding hydrogens is 406 g/mol. The Morgan fingerprint density at radius 1 is 1.30 bits per heavy atom. The minimum absolute atomic E-state index is 0.163. The van der Waals surface area contributed by atoms with Crippen molar-refractivity contribution >= 4 is 28.4 Å². The highest BCUT2D eigenvalue weighted by Gasteiger charge is 2.26. The highest BCUT2D eigenvalue weighted by Crippen LogP contribution is 2.27. The van der Waals surface area contributed by atoms with Crippen LogP contribution in [-0.2, 0) is 15.5 Å². The van der Waals surface area contributed by atoms with Crippen LogP contribution in [0.3, 0.4) is 0 Å². The van der Waals surface area contributed by atoms with Gasteiger partial charge in [0.25, 0.3) is 0 Å². The highest BCUT2D eigenvalue weighted by molar-refractivity contribution is 7.84. The number of nitrogens with zero attached hydrogens (tertiary/aromatic N) is 4. The second-order valence-electron chi connectivity index (χ2n) is 6.62. The third-order valence-corrected chi connectivity index (χ3v) is 5.56. The molecule has 0 bridgehead atoms. The van der Waals surface area contributed by atoms with Crippen LogP contribution in [0.25, 0.3) is 0 Å². The van der Waals surface area contributed by atoms with Crippen LogP contribution in [0, 0.1) is 11.3 Å². The van der Waals surface area contributed by atoms with Gasteiger partial charge in [-0.15, -0.1) is 0 Å². The first-order chi connectivity index (χ1) is 14.5. The Morgan fingerprint density at radius 3 is 2.60 bits per heavy atom. The van der Waals surface area contributed by atoms with Crippen LogP contribution in [-0.4, -0.2) is 57.2 Å². The summed E-state index contributed by atoms with van der Waals surface area (Å²) < 4.78 is 22.5. The molecule has 1 atom stereocenters. The van der Waals surface area contributed by atoms with E-state index in [1.165, 1.54) is 6.33 Å². The van der Waals surface area contributed by atoms with Crippen LogP contribution in [0.5, 0.6) is 5.88 Å². The number of piperidine rings is 1. The summed E-state index contributed by atoms with van der Waals surface area (Å²) >= 11 is 0. The number of carbonyl (C=O) groups excluding carboxylic acids is 1. The molecular formula is C20H23N5O4S. The standard InChI is InChI=1S/C20H23N5O4S/c1-3-28-20(26)25-10-8-15(9-11-25)29-19-17(12-21)18(22-13-23-19)24-14-4-6-16(7-5-14)30(2)27/h4-7,13,15H,3,8-11H2,1-2H3,(H,22,23,24). The van der Waals surface area contributed by atoms with E-state index in [1.807, 2.05) is 0 Å². The van der Waals surface area contributed by atoms with Gasteiger partial charge in [0.05, 0.1) is 6.61 Å². The lowest BCUT2D eigenvalue weighted by Crippen LogP contribution is -2.42. The van der Waals surface area contributed by atoms with Gasteiger partial charge in [-0.3, -0.25) is 4.21 Å². The van der Waals surface area contributed by atoms with E-state index in [1.54, 1.807) is 42.3 Å². The number of amides is 1. The largest absolute Gasteiger partial charge is 0.473 e. The first-order valence-electron chi connectivity index (χ1n) is 9.55. The molecule has 1 fully saturated rings. The van der Waals surface area contributed by atoms with E-state index in [-0.39, 0.29) is 23.6 Å². The normalized spacial score (nSPS) is 15.2. The highest BCUT2D eigenvalue weighted by atomic mass is 32.2. The summed E-state index contributed by atoms with van der Waals surface area (Å²) in [7, 11) is -1.06. The van der Waals surface area contributed by atoms with E-state index in [4.69, 9.17) is 9.47 Å². The molecule has 30 heavy (non-hydrogen) atoms. The molecule has 1 aliphatic rings. The molecule has 1 aromatic carbocycles. The topological polar surface area (TPSA) is 117 Å². The van der Waals surface area contributed by atoms with Crippen LogP contribution < -0.4 is 10.1 Å². The van der Waals surface area contributed by atoms with Gasteiger partial charge >= 0.3 is 6.09 Å². The molecule has 1 aromatic heterocycles. The summed E-state index contributed by atoms with van der Waals surface area (Å²) in [6, 6.07) is 9.14. The number of hydrogen-bond donors (Lipinski definition) is 1. The number of carbonyl (C=O) groups is 1. The maximum atomic E-state index is 11.8. The molecule has 10 heteroatoms. The average molecular weight is 430 g/mol. The van der Waals surface area contributed by atoms with E-state index in [2.05, 4.69) is 21.4 Å². The average Bonchev–Trinajstić information content (AvgIpc) is 2.75. The molecule has 2 heterocycles. The first kappa shape index (κ1) is 21.5. The minimum Gasteiger partial charge on any atom is -0.473 e. The summed E-state index contributed by atoms with van der Waals surface area (Å²) in [5.41, 5.74) is 0.904. The zero-order chi connectivity index (χ0) is 21.5. The van der Waals surface area contributed by atoms with E-state index in [9.17, 15) is 14.3 Å². The SMILES string of the molecule is CCOC(=O)N1CCC(Oc2ncnc(Nc3ccc(S(C)=O)cc3)c2C#N)CC1. The molecule has 9 nitrogen and oxygen atoms in total. The van der Waals surface area contributed by atoms with Crippen LogP contribution in [0.2, 0.25) is 0 Å². The van der Waals surface area contributed by atoms with E-state index in [0.717, 1.165) is 0 Å². The molecule has 1 amide bonds. The minimum atomic E-state index is -1.06. The van der Waals surface area contributed by atoms with Gasteiger partial charge in [0.1, 0.15) is 18.5 Å². The number of benzene rings is 1. The Kier molecular flexibility index (Phi) is 7.19. The van der Waals surface area contributed by atoms with Crippen molar-refractivity contribution in [1.29, 1.82) is 5.26 Å². The number of likely N-dealkylation sites (tertiary alicyclic amines) is 1. The summed E-state index contributed by atoms with van der Waals surface area (Å²) in [6.45, 7) is 3.16. The second-order valence-corrected chi connectivity index (χ2v) is 8.00. The molecule has 1 unspecified atom stereocenters. The second kappa shape index (κ2) is 10.0. The molecule has 0 spiro atoms. The molecule has 158 valence electrons. The van der Waals surface area contributed by atoms with E-state index < -0.39 is 10.8 Å². The van der Waals surface area contributed by atoms with E-state index >= 15 is 0 Å². The van der Waals surface area contributed by atoms with Crippen molar-refractivity contribution in [1.82, 2.24) is 14.9 Å². The van der Waals surface area contributed by atoms with Crippen LogP contribution in [0.4, 0.5) is 16.3 Å². The number of aromatic nitrogens is 2. The lowest BCUT2D eigenvalue weighted by atomic mass is 10.1. The maximum Gasteiger partial charge on any atom is 0.409 e.